The molecule has 90 valence electrons. The van der Waals surface area contributed by atoms with Gasteiger partial charge >= 0.3 is 0 Å². The molecule has 0 spiro atoms. The van der Waals surface area contributed by atoms with Crippen LogP contribution in [0.5, 0.6) is 0 Å². The van der Waals surface area contributed by atoms with Crippen LogP contribution in [0.4, 0.5) is 5.13 Å². The minimum Gasteiger partial charge on any atom is -0.391 e. The van der Waals surface area contributed by atoms with E-state index in [1.165, 1.54) is 12.8 Å². The van der Waals surface area contributed by atoms with Gasteiger partial charge in [-0.1, -0.05) is 11.3 Å². The van der Waals surface area contributed by atoms with Crippen LogP contribution < -0.4 is 4.90 Å². The second-order valence-electron chi connectivity index (χ2n) is 4.15. The minimum atomic E-state index is 0.139. The van der Waals surface area contributed by atoms with Crippen molar-refractivity contribution in [3.05, 3.63) is 10.6 Å². The van der Waals surface area contributed by atoms with E-state index in [1.807, 2.05) is 11.8 Å². The number of nitrogens with zero attached hydrogens (tertiary/aromatic N) is 2. The fraction of sp³-hybridized carbons (Fsp3) is 0.727. The lowest BCUT2D eigenvalue weighted by Crippen LogP contribution is -2.19. The van der Waals surface area contributed by atoms with Gasteiger partial charge in [-0.15, -0.1) is 0 Å². The number of hydrogen-bond acceptors (Lipinski definition) is 5. The van der Waals surface area contributed by atoms with E-state index in [1.54, 1.807) is 11.3 Å². The van der Waals surface area contributed by atoms with Crippen molar-refractivity contribution < 1.29 is 5.11 Å². The van der Waals surface area contributed by atoms with Crippen molar-refractivity contribution in [2.75, 3.05) is 30.5 Å². The van der Waals surface area contributed by atoms with Crippen LogP contribution in [0.2, 0.25) is 0 Å². The lowest BCUT2D eigenvalue weighted by Gasteiger charge is -2.14. The Kier molecular flexibility index (Phi) is 4.10. The van der Waals surface area contributed by atoms with Gasteiger partial charge in [0, 0.05) is 25.3 Å². The molecule has 3 nitrogen and oxygen atoms in total. The summed E-state index contributed by atoms with van der Waals surface area (Å²) >= 11 is 3.49. The van der Waals surface area contributed by atoms with Gasteiger partial charge in [-0.3, -0.25) is 0 Å². The fourth-order valence-electron chi connectivity index (χ4n) is 1.63. The highest BCUT2D eigenvalue weighted by molar-refractivity contribution is 7.98. The number of aliphatic hydroxyl groups excluding tert-OH is 1. The molecule has 0 bridgehead atoms. The van der Waals surface area contributed by atoms with Crippen molar-refractivity contribution in [1.29, 1.82) is 0 Å². The molecular formula is C11H18N2OS2. The lowest BCUT2D eigenvalue weighted by molar-refractivity contribution is 0.284. The molecule has 1 aromatic heterocycles. The largest absolute Gasteiger partial charge is 0.391 e. The Hall–Kier alpha value is -0.260. The minimum absolute atomic E-state index is 0.139. The summed E-state index contributed by atoms with van der Waals surface area (Å²) in [5.74, 6) is 1.74. The Morgan fingerprint density at radius 3 is 2.88 bits per heavy atom. The molecule has 1 aliphatic rings. The number of thioether (sulfide) groups is 1. The number of aliphatic hydroxyl groups is 1. The van der Waals surface area contributed by atoms with Crippen LogP contribution in [0.15, 0.2) is 0 Å². The van der Waals surface area contributed by atoms with E-state index in [4.69, 9.17) is 0 Å². The molecule has 0 aliphatic heterocycles. The number of thiazole rings is 1. The highest BCUT2D eigenvalue weighted by atomic mass is 32.2. The zero-order valence-electron chi connectivity index (χ0n) is 9.77. The van der Waals surface area contributed by atoms with Crippen molar-refractivity contribution in [2.45, 2.75) is 25.4 Å². The van der Waals surface area contributed by atoms with E-state index in [9.17, 15) is 5.11 Å². The van der Waals surface area contributed by atoms with Crippen LogP contribution in [0, 0.1) is 0 Å². The normalized spacial score (nSPS) is 15.4. The van der Waals surface area contributed by atoms with Gasteiger partial charge < -0.3 is 10.0 Å². The summed E-state index contributed by atoms with van der Waals surface area (Å²) in [6.45, 7) is 1.16. The molecule has 0 radical (unpaired) electrons. The van der Waals surface area contributed by atoms with Gasteiger partial charge in [-0.2, -0.15) is 11.8 Å². The smallest absolute Gasteiger partial charge is 0.185 e. The summed E-state index contributed by atoms with van der Waals surface area (Å²) in [4.78, 5) is 7.92. The van der Waals surface area contributed by atoms with Gasteiger partial charge in [0.1, 0.15) is 0 Å². The van der Waals surface area contributed by atoms with Gasteiger partial charge in [0.15, 0.2) is 5.13 Å². The second-order valence-corrected chi connectivity index (χ2v) is 6.20. The summed E-state index contributed by atoms with van der Waals surface area (Å²) in [5.41, 5.74) is 1.15. The van der Waals surface area contributed by atoms with E-state index in [0.29, 0.717) is 5.92 Å². The molecular weight excluding hydrogens is 240 g/mol. The quantitative estimate of drug-likeness (QED) is 0.849. The molecule has 5 heteroatoms. The second kappa shape index (κ2) is 5.38. The summed E-state index contributed by atoms with van der Waals surface area (Å²) in [7, 11) is 2.08. The number of rotatable bonds is 6. The number of aromatic nitrogens is 1. The molecule has 1 N–H and O–H groups in total. The third-order valence-corrected chi connectivity index (χ3v) is 4.54. The van der Waals surface area contributed by atoms with Crippen molar-refractivity contribution in [3.63, 3.8) is 0 Å². The zero-order chi connectivity index (χ0) is 11.5. The molecule has 2 rings (SSSR count). The van der Waals surface area contributed by atoms with E-state index in [2.05, 4.69) is 23.2 Å². The van der Waals surface area contributed by atoms with Crippen LogP contribution in [0.25, 0.3) is 0 Å². The Morgan fingerprint density at radius 2 is 2.31 bits per heavy atom. The molecule has 0 saturated heterocycles. The number of hydrogen-bond donors (Lipinski definition) is 1. The molecule has 0 unspecified atom stereocenters. The maximum Gasteiger partial charge on any atom is 0.185 e. The van der Waals surface area contributed by atoms with Gasteiger partial charge in [-0.25, -0.2) is 4.98 Å². The first-order valence-electron chi connectivity index (χ1n) is 5.56. The Bertz CT molecular complexity index is 350. The summed E-state index contributed by atoms with van der Waals surface area (Å²) in [5, 5.41) is 10.4. The molecule has 1 heterocycles. The van der Waals surface area contributed by atoms with E-state index in [-0.39, 0.29) is 6.61 Å². The lowest BCUT2D eigenvalue weighted by atomic mass is 10.2. The van der Waals surface area contributed by atoms with Crippen LogP contribution >= 0.6 is 23.1 Å². The average molecular weight is 258 g/mol. The van der Waals surface area contributed by atoms with Crippen molar-refractivity contribution in [1.82, 2.24) is 4.98 Å². The van der Waals surface area contributed by atoms with Gasteiger partial charge in [0.2, 0.25) is 0 Å². The van der Waals surface area contributed by atoms with Gasteiger partial charge in [-0.05, 0) is 19.1 Å². The molecule has 0 amide bonds. The summed E-state index contributed by atoms with van der Waals surface area (Å²) < 4.78 is 0. The maximum absolute atomic E-state index is 9.31. The highest BCUT2D eigenvalue weighted by Gasteiger charge is 2.29. The van der Waals surface area contributed by atoms with Crippen molar-refractivity contribution in [3.8, 4) is 0 Å². The SMILES string of the molecule is CSCCN(C)c1nc(C2CC2)c(CO)s1. The fourth-order valence-corrected chi connectivity index (χ4v) is 3.08. The molecule has 1 aliphatic carbocycles. The predicted molar refractivity (Wildman–Crippen MR) is 71.7 cm³/mol. The van der Waals surface area contributed by atoms with E-state index in [0.717, 1.165) is 28.0 Å². The molecule has 16 heavy (non-hydrogen) atoms. The first-order valence-corrected chi connectivity index (χ1v) is 7.77. The third kappa shape index (κ3) is 2.70. The molecule has 1 fully saturated rings. The van der Waals surface area contributed by atoms with Crippen LogP contribution in [0.1, 0.15) is 29.3 Å². The van der Waals surface area contributed by atoms with E-state index >= 15 is 0 Å². The predicted octanol–water partition coefficient (Wildman–Crippen LogP) is 2.31. The first-order chi connectivity index (χ1) is 7.76. The summed E-state index contributed by atoms with van der Waals surface area (Å²) in [6.07, 6.45) is 4.60. The number of anilines is 1. The van der Waals surface area contributed by atoms with Gasteiger partial charge in [0.25, 0.3) is 0 Å². The average Bonchev–Trinajstić information content (AvgIpc) is 3.05. The Labute approximate surface area is 105 Å². The Balaban J connectivity index is 2.08. The van der Waals surface area contributed by atoms with Crippen molar-refractivity contribution in [2.24, 2.45) is 0 Å². The summed E-state index contributed by atoms with van der Waals surface area (Å²) in [6, 6.07) is 0. The van der Waals surface area contributed by atoms with Crippen LogP contribution in [0.3, 0.4) is 0 Å². The van der Waals surface area contributed by atoms with Gasteiger partial charge in [0.05, 0.1) is 17.2 Å². The van der Waals surface area contributed by atoms with Crippen molar-refractivity contribution >= 4 is 28.2 Å². The molecule has 1 aromatic rings. The Morgan fingerprint density at radius 1 is 1.56 bits per heavy atom. The third-order valence-electron chi connectivity index (χ3n) is 2.78. The molecule has 1 saturated carbocycles. The highest BCUT2D eigenvalue weighted by Crippen LogP contribution is 2.44. The standard InChI is InChI=1S/C11H18N2OS2/c1-13(5-6-15-2)11-12-10(8-3-4-8)9(7-14)16-11/h8,14H,3-7H2,1-2H3. The zero-order valence-corrected chi connectivity index (χ0v) is 11.4. The maximum atomic E-state index is 9.31. The topological polar surface area (TPSA) is 36.4 Å². The van der Waals surface area contributed by atoms with Crippen LogP contribution in [-0.2, 0) is 6.61 Å². The molecule has 0 atom stereocenters. The monoisotopic (exact) mass is 258 g/mol. The first kappa shape index (κ1) is 12.2. The van der Waals surface area contributed by atoms with E-state index < -0.39 is 0 Å². The molecule has 0 aromatic carbocycles. The van der Waals surface area contributed by atoms with Crippen LogP contribution in [-0.4, -0.2) is 35.7 Å².